The van der Waals surface area contributed by atoms with Crippen molar-refractivity contribution in [2.24, 2.45) is 0 Å². The topological polar surface area (TPSA) is 34.1 Å². The summed E-state index contributed by atoms with van der Waals surface area (Å²) in [4.78, 5) is 4.51. The van der Waals surface area contributed by atoms with Crippen LogP contribution in [0.4, 0.5) is 15.2 Å². The van der Waals surface area contributed by atoms with Gasteiger partial charge in [0.1, 0.15) is 11.6 Å². The largest absolute Gasteiger partial charge is 0.494 e. The summed E-state index contributed by atoms with van der Waals surface area (Å²) in [6, 6.07) is 10.5. The van der Waals surface area contributed by atoms with E-state index in [9.17, 15) is 4.39 Å². The minimum Gasteiger partial charge on any atom is -0.494 e. The van der Waals surface area contributed by atoms with Gasteiger partial charge in [-0.15, -0.1) is 0 Å². The lowest BCUT2D eigenvalue weighted by molar-refractivity contribution is 0.413. The van der Waals surface area contributed by atoms with E-state index in [1.165, 1.54) is 24.8 Å². The molecule has 0 fully saturated rings. The molecule has 0 amide bonds. The van der Waals surface area contributed by atoms with Gasteiger partial charge >= 0.3 is 0 Å². The number of nitrogens with zero attached hydrogens (tertiary/aromatic N) is 1. The molecule has 3 aromatic rings. The van der Waals surface area contributed by atoms with Gasteiger partial charge in [0, 0.05) is 6.07 Å². The first-order chi connectivity index (χ1) is 9.65. The van der Waals surface area contributed by atoms with Gasteiger partial charge in [0.05, 0.1) is 23.0 Å². The van der Waals surface area contributed by atoms with E-state index >= 15 is 0 Å². The van der Waals surface area contributed by atoms with E-state index in [4.69, 9.17) is 4.74 Å². The summed E-state index contributed by atoms with van der Waals surface area (Å²) in [5, 5.41) is 3.94. The quantitative estimate of drug-likeness (QED) is 0.770. The molecular formula is C15H13FN2OS. The molecule has 0 unspecified atom stereocenters. The van der Waals surface area contributed by atoms with Gasteiger partial charge in [-0.2, -0.15) is 0 Å². The number of ether oxygens (including phenoxy) is 1. The average Bonchev–Trinajstić information content (AvgIpc) is 2.82. The van der Waals surface area contributed by atoms with Crippen LogP contribution in [0, 0.1) is 12.7 Å². The Balaban J connectivity index is 1.96. The molecule has 0 bridgehead atoms. The molecule has 1 aromatic heterocycles. The second-order valence-corrected chi connectivity index (χ2v) is 5.49. The number of hydrogen-bond acceptors (Lipinski definition) is 4. The standard InChI is InChI=1S/C15H13FN2OS/c1-9-3-5-12-14(7-9)20-15(18-12)17-11-6-4-10(16)8-13(11)19-2/h3-8H,1-2H3,(H,17,18). The highest BCUT2D eigenvalue weighted by molar-refractivity contribution is 7.22. The smallest absolute Gasteiger partial charge is 0.188 e. The fourth-order valence-corrected chi connectivity index (χ4v) is 2.95. The zero-order chi connectivity index (χ0) is 14.1. The van der Waals surface area contributed by atoms with Gasteiger partial charge in [0.2, 0.25) is 0 Å². The Labute approximate surface area is 120 Å². The molecule has 0 saturated heterocycles. The predicted octanol–water partition coefficient (Wildman–Crippen LogP) is 4.50. The van der Waals surface area contributed by atoms with Gasteiger partial charge in [0.25, 0.3) is 0 Å². The molecule has 1 heterocycles. The molecule has 102 valence electrons. The van der Waals surface area contributed by atoms with Crippen LogP contribution >= 0.6 is 11.3 Å². The number of aryl methyl sites for hydroxylation is 1. The van der Waals surface area contributed by atoms with Crippen LogP contribution in [0.1, 0.15) is 5.56 Å². The summed E-state index contributed by atoms with van der Waals surface area (Å²) < 4.78 is 19.4. The van der Waals surface area contributed by atoms with E-state index in [2.05, 4.69) is 23.3 Å². The summed E-state index contributed by atoms with van der Waals surface area (Å²) in [7, 11) is 1.52. The Morgan fingerprint density at radius 1 is 1.20 bits per heavy atom. The molecule has 0 aliphatic heterocycles. The Hall–Kier alpha value is -2.14. The first-order valence-electron chi connectivity index (χ1n) is 6.13. The van der Waals surface area contributed by atoms with E-state index in [1.54, 1.807) is 17.4 Å². The Bertz CT molecular complexity index is 770. The Morgan fingerprint density at radius 2 is 2.05 bits per heavy atom. The number of rotatable bonds is 3. The van der Waals surface area contributed by atoms with E-state index in [1.807, 2.05) is 12.1 Å². The number of nitrogens with one attached hydrogen (secondary N) is 1. The van der Waals surface area contributed by atoms with Gasteiger partial charge < -0.3 is 10.1 Å². The molecule has 3 rings (SSSR count). The van der Waals surface area contributed by atoms with Crippen molar-refractivity contribution in [1.29, 1.82) is 0 Å². The number of thiazole rings is 1. The third kappa shape index (κ3) is 2.44. The van der Waals surface area contributed by atoms with Crippen molar-refractivity contribution in [1.82, 2.24) is 4.98 Å². The first-order valence-corrected chi connectivity index (χ1v) is 6.95. The Kier molecular flexibility index (Phi) is 3.28. The number of anilines is 2. The molecule has 0 spiro atoms. The van der Waals surface area contributed by atoms with Crippen LogP contribution in [0.5, 0.6) is 5.75 Å². The Morgan fingerprint density at radius 3 is 2.85 bits per heavy atom. The number of aromatic nitrogens is 1. The van der Waals surface area contributed by atoms with Crippen LogP contribution in [0.25, 0.3) is 10.2 Å². The second-order valence-electron chi connectivity index (χ2n) is 4.46. The second kappa shape index (κ2) is 5.09. The van der Waals surface area contributed by atoms with Crippen LogP contribution in [0.2, 0.25) is 0 Å². The lowest BCUT2D eigenvalue weighted by Gasteiger charge is -2.08. The molecule has 0 radical (unpaired) electrons. The van der Waals surface area contributed by atoms with Crippen molar-refractivity contribution in [2.45, 2.75) is 6.92 Å². The molecule has 1 N–H and O–H groups in total. The minimum atomic E-state index is -0.327. The highest BCUT2D eigenvalue weighted by Gasteiger charge is 2.08. The van der Waals surface area contributed by atoms with Crippen molar-refractivity contribution >= 4 is 32.4 Å². The van der Waals surface area contributed by atoms with Crippen molar-refractivity contribution in [3.8, 4) is 5.75 Å². The van der Waals surface area contributed by atoms with Crippen LogP contribution in [0.15, 0.2) is 36.4 Å². The lowest BCUT2D eigenvalue weighted by Crippen LogP contribution is -1.94. The summed E-state index contributed by atoms with van der Waals surface area (Å²) >= 11 is 1.56. The van der Waals surface area contributed by atoms with Gasteiger partial charge in [-0.25, -0.2) is 9.37 Å². The van der Waals surface area contributed by atoms with Crippen molar-refractivity contribution in [2.75, 3.05) is 12.4 Å². The van der Waals surface area contributed by atoms with Crippen LogP contribution < -0.4 is 10.1 Å². The summed E-state index contributed by atoms with van der Waals surface area (Å²) in [6.45, 7) is 2.05. The van der Waals surface area contributed by atoms with Gasteiger partial charge in [-0.3, -0.25) is 0 Å². The molecular weight excluding hydrogens is 275 g/mol. The van der Waals surface area contributed by atoms with Crippen LogP contribution in [-0.4, -0.2) is 12.1 Å². The zero-order valence-electron chi connectivity index (χ0n) is 11.1. The first kappa shape index (κ1) is 12.9. The molecule has 0 aliphatic carbocycles. The molecule has 3 nitrogen and oxygen atoms in total. The van der Waals surface area contributed by atoms with Crippen molar-refractivity contribution < 1.29 is 9.13 Å². The molecule has 20 heavy (non-hydrogen) atoms. The van der Waals surface area contributed by atoms with Gasteiger partial charge in [-0.05, 0) is 36.8 Å². The van der Waals surface area contributed by atoms with Crippen LogP contribution in [0.3, 0.4) is 0 Å². The van der Waals surface area contributed by atoms with E-state index in [0.717, 1.165) is 15.3 Å². The fourth-order valence-electron chi connectivity index (χ4n) is 1.97. The third-order valence-corrected chi connectivity index (χ3v) is 3.88. The molecule has 0 atom stereocenters. The number of hydrogen-bond donors (Lipinski definition) is 1. The van der Waals surface area contributed by atoms with Crippen molar-refractivity contribution in [3.63, 3.8) is 0 Å². The van der Waals surface area contributed by atoms with Gasteiger partial charge in [-0.1, -0.05) is 17.4 Å². The number of fused-ring (bicyclic) bond motifs is 1. The SMILES string of the molecule is COc1cc(F)ccc1Nc1nc2ccc(C)cc2s1. The van der Waals surface area contributed by atoms with E-state index in [0.29, 0.717) is 11.4 Å². The minimum absolute atomic E-state index is 0.327. The predicted molar refractivity (Wildman–Crippen MR) is 80.6 cm³/mol. The summed E-state index contributed by atoms with van der Waals surface area (Å²) in [6.07, 6.45) is 0. The molecule has 0 saturated carbocycles. The maximum absolute atomic E-state index is 13.2. The molecule has 5 heteroatoms. The highest BCUT2D eigenvalue weighted by Crippen LogP contribution is 2.32. The van der Waals surface area contributed by atoms with E-state index in [-0.39, 0.29) is 5.82 Å². The normalized spacial score (nSPS) is 10.8. The highest BCUT2D eigenvalue weighted by atomic mass is 32.1. The number of halogens is 1. The number of benzene rings is 2. The molecule has 0 aliphatic rings. The van der Waals surface area contributed by atoms with Crippen LogP contribution in [-0.2, 0) is 0 Å². The maximum atomic E-state index is 13.2. The monoisotopic (exact) mass is 288 g/mol. The van der Waals surface area contributed by atoms with E-state index < -0.39 is 0 Å². The molecule has 2 aromatic carbocycles. The fraction of sp³-hybridized carbons (Fsp3) is 0.133. The third-order valence-electron chi connectivity index (χ3n) is 2.95. The average molecular weight is 288 g/mol. The van der Waals surface area contributed by atoms with Crippen molar-refractivity contribution in [3.05, 3.63) is 47.8 Å². The lowest BCUT2D eigenvalue weighted by atomic mass is 10.2. The maximum Gasteiger partial charge on any atom is 0.188 e. The summed E-state index contributed by atoms with van der Waals surface area (Å²) in [5.41, 5.74) is 2.85. The number of methoxy groups -OCH3 is 1. The summed E-state index contributed by atoms with van der Waals surface area (Å²) in [5.74, 6) is 0.132. The van der Waals surface area contributed by atoms with Gasteiger partial charge in [0.15, 0.2) is 5.13 Å². The zero-order valence-corrected chi connectivity index (χ0v) is 11.9.